The van der Waals surface area contributed by atoms with Crippen LogP contribution in [-0.2, 0) is 21.3 Å². The predicted octanol–water partition coefficient (Wildman–Crippen LogP) is -0.379. The SMILES string of the molecule is COC(=O)C1COCCN1C(=O)c1cc(N)cn1C. The molecule has 1 aliphatic heterocycles. The van der Waals surface area contributed by atoms with Crippen molar-refractivity contribution in [2.24, 2.45) is 7.05 Å². The minimum Gasteiger partial charge on any atom is -0.467 e. The first-order valence-electron chi connectivity index (χ1n) is 5.93. The van der Waals surface area contributed by atoms with E-state index in [0.29, 0.717) is 24.5 Å². The third-order valence-corrected chi connectivity index (χ3v) is 3.11. The minimum atomic E-state index is -0.706. The summed E-state index contributed by atoms with van der Waals surface area (Å²) in [6.45, 7) is 0.904. The molecule has 1 aliphatic rings. The Labute approximate surface area is 110 Å². The van der Waals surface area contributed by atoms with Gasteiger partial charge >= 0.3 is 5.97 Å². The minimum absolute atomic E-state index is 0.151. The standard InChI is InChI=1S/C12H17N3O4/c1-14-6-8(13)5-9(14)11(16)15-3-4-19-7-10(15)12(17)18-2/h5-6,10H,3-4,7,13H2,1-2H3. The number of ether oxygens (including phenoxy) is 2. The fourth-order valence-electron chi connectivity index (χ4n) is 2.13. The van der Waals surface area contributed by atoms with Gasteiger partial charge in [-0.1, -0.05) is 0 Å². The summed E-state index contributed by atoms with van der Waals surface area (Å²) in [5.41, 5.74) is 6.61. The zero-order valence-electron chi connectivity index (χ0n) is 11.0. The van der Waals surface area contributed by atoms with E-state index in [-0.39, 0.29) is 12.5 Å². The van der Waals surface area contributed by atoms with Gasteiger partial charge in [-0.2, -0.15) is 0 Å². The molecule has 2 rings (SSSR count). The number of aromatic nitrogens is 1. The number of esters is 1. The number of carbonyl (C=O) groups is 2. The van der Waals surface area contributed by atoms with Crippen molar-refractivity contribution in [2.45, 2.75) is 6.04 Å². The first-order chi connectivity index (χ1) is 9.04. The Bertz CT molecular complexity index is 497. The summed E-state index contributed by atoms with van der Waals surface area (Å²) in [5, 5.41) is 0. The Morgan fingerprint density at radius 3 is 2.84 bits per heavy atom. The highest BCUT2D eigenvalue weighted by molar-refractivity contribution is 5.96. The number of carbonyl (C=O) groups excluding carboxylic acids is 2. The normalized spacial score (nSPS) is 19.3. The molecule has 7 nitrogen and oxygen atoms in total. The number of anilines is 1. The van der Waals surface area contributed by atoms with Gasteiger partial charge in [0, 0.05) is 19.8 Å². The third-order valence-electron chi connectivity index (χ3n) is 3.11. The van der Waals surface area contributed by atoms with E-state index in [0.717, 1.165) is 0 Å². The van der Waals surface area contributed by atoms with Gasteiger partial charge in [0.15, 0.2) is 6.04 Å². The lowest BCUT2D eigenvalue weighted by atomic mass is 10.2. The number of hydrogen-bond donors (Lipinski definition) is 1. The number of hydrogen-bond acceptors (Lipinski definition) is 5. The summed E-state index contributed by atoms with van der Waals surface area (Å²) in [5.74, 6) is -0.729. The topological polar surface area (TPSA) is 86.8 Å². The van der Waals surface area contributed by atoms with Gasteiger partial charge in [0.05, 0.1) is 26.0 Å². The molecule has 1 unspecified atom stereocenters. The summed E-state index contributed by atoms with van der Waals surface area (Å²) >= 11 is 0. The molecule has 7 heteroatoms. The summed E-state index contributed by atoms with van der Waals surface area (Å²) in [6, 6.07) is 0.883. The molecule has 0 radical (unpaired) electrons. The Morgan fingerprint density at radius 1 is 1.53 bits per heavy atom. The van der Waals surface area contributed by atoms with Crippen molar-refractivity contribution in [3.8, 4) is 0 Å². The van der Waals surface area contributed by atoms with E-state index in [1.54, 1.807) is 23.9 Å². The van der Waals surface area contributed by atoms with Crippen LogP contribution >= 0.6 is 0 Å². The van der Waals surface area contributed by atoms with E-state index in [4.69, 9.17) is 15.2 Å². The molecule has 19 heavy (non-hydrogen) atoms. The van der Waals surface area contributed by atoms with Crippen molar-refractivity contribution < 1.29 is 19.1 Å². The van der Waals surface area contributed by atoms with Crippen LogP contribution in [0.4, 0.5) is 5.69 Å². The number of nitrogens with two attached hydrogens (primary N) is 1. The number of morpholine rings is 1. The van der Waals surface area contributed by atoms with Crippen molar-refractivity contribution in [3.63, 3.8) is 0 Å². The molecule has 0 bridgehead atoms. The first-order valence-corrected chi connectivity index (χ1v) is 5.93. The molecular weight excluding hydrogens is 250 g/mol. The van der Waals surface area contributed by atoms with E-state index in [1.807, 2.05) is 0 Å². The van der Waals surface area contributed by atoms with Crippen LogP contribution in [0.1, 0.15) is 10.5 Å². The maximum absolute atomic E-state index is 12.5. The van der Waals surface area contributed by atoms with E-state index in [2.05, 4.69) is 0 Å². The average Bonchev–Trinajstić information content (AvgIpc) is 2.76. The van der Waals surface area contributed by atoms with Crippen LogP contribution in [0.15, 0.2) is 12.3 Å². The molecule has 1 aromatic rings. The lowest BCUT2D eigenvalue weighted by Gasteiger charge is -2.33. The molecule has 0 spiro atoms. The van der Waals surface area contributed by atoms with E-state index >= 15 is 0 Å². The maximum atomic E-state index is 12.5. The zero-order chi connectivity index (χ0) is 14.0. The summed E-state index contributed by atoms with van der Waals surface area (Å²) in [4.78, 5) is 25.6. The molecular formula is C12H17N3O4. The van der Waals surface area contributed by atoms with Crippen LogP contribution < -0.4 is 5.73 Å². The fraction of sp³-hybridized carbons (Fsp3) is 0.500. The maximum Gasteiger partial charge on any atom is 0.331 e. The molecule has 1 fully saturated rings. The Balaban J connectivity index is 2.25. The zero-order valence-corrected chi connectivity index (χ0v) is 11.0. The smallest absolute Gasteiger partial charge is 0.331 e. The highest BCUT2D eigenvalue weighted by Gasteiger charge is 2.34. The van der Waals surface area contributed by atoms with Crippen molar-refractivity contribution in [1.29, 1.82) is 0 Å². The molecule has 2 heterocycles. The quantitative estimate of drug-likeness (QED) is 0.738. The summed E-state index contributed by atoms with van der Waals surface area (Å²) < 4.78 is 11.6. The third kappa shape index (κ3) is 2.55. The number of nitrogens with zero attached hydrogens (tertiary/aromatic N) is 2. The number of amides is 1. The number of rotatable bonds is 2. The second kappa shape index (κ2) is 5.31. The van der Waals surface area contributed by atoms with Crippen molar-refractivity contribution in [2.75, 3.05) is 32.6 Å². The highest BCUT2D eigenvalue weighted by atomic mass is 16.5. The van der Waals surface area contributed by atoms with Gasteiger partial charge in [-0.3, -0.25) is 4.79 Å². The lowest BCUT2D eigenvalue weighted by molar-refractivity contribution is -0.151. The van der Waals surface area contributed by atoms with Crippen LogP contribution in [0.25, 0.3) is 0 Å². The second-order valence-electron chi connectivity index (χ2n) is 4.38. The van der Waals surface area contributed by atoms with E-state index in [1.165, 1.54) is 12.0 Å². The monoisotopic (exact) mass is 267 g/mol. The van der Waals surface area contributed by atoms with Crippen molar-refractivity contribution in [3.05, 3.63) is 18.0 Å². The molecule has 104 valence electrons. The molecule has 1 saturated heterocycles. The second-order valence-corrected chi connectivity index (χ2v) is 4.38. The molecule has 1 aromatic heterocycles. The van der Waals surface area contributed by atoms with Crippen molar-refractivity contribution in [1.82, 2.24) is 9.47 Å². The van der Waals surface area contributed by atoms with E-state index < -0.39 is 12.0 Å². The number of aryl methyl sites for hydroxylation is 1. The molecule has 0 saturated carbocycles. The lowest BCUT2D eigenvalue weighted by Crippen LogP contribution is -2.53. The van der Waals surface area contributed by atoms with Gasteiger partial charge < -0.3 is 24.7 Å². The van der Waals surface area contributed by atoms with Crippen LogP contribution in [-0.4, -0.2) is 54.3 Å². The Kier molecular flexibility index (Phi) is 3.75. The molecule has 2 N–H and O–H groups in total. The molecule has 1 amide bonds. The Hall–Kier alpha value is -2.02. The first kappa shape index (κ1) is 13.4. The summed E-state index contributed by atoms with van der Waals surface area (Å²) in [7, 11) is 3.03. The van der Waals surface area contributed by atoms with Crippen molar-refractivity contribution >= 4 is 17.6 Å². The predicted molar refractivity (Wildman–Crippen MR) is 67.5 cm³/mol. The van der Waals surface area contributed by atoms with Gasteiger partial charge in [-0.15, -0.1) is 0 Å². The highest BCUT2D eigenvalue weighted by Crippen LogP contribution is 2.16. The van der Waals surface area contributed by atoms with Crippen LogP contribution in [0.2, 0.25) is 0 Å². The average molecular weight is 267 g/mol. The summed E-state index contributed by atoms with van der Waals surface area (Å²) in [6.07, 6.45) is 1.65. The van der Waals surface area contributed by atoms with Gasteiger partial charge in [0.25, 0.3) is 5.91 Å². The van der Waals surface area contributed by atoms with Crippen LogP contribution in [0, 0.1) is 0 Å². The van der Waals surface area contributed by atoms with Crippen LogP contribution in [0.3, 0.4) is 0 Å². The molecule has 0 aromatic carbocycles. The van der Waals surface area contributed by atoms with Gasteiger partial charge in [-0.25, -0.2) is 4.79 Å². The van der Waals surface area contributed by atoms with Gasteiger partial charge in [-0.05, 0) is 6.07 Å². The molecule has 0 aliphatic carbocycles. The number of nitrogen functional groups attached to an aromatic ring is 1. The fourth-order valence-corrected chi connectivity index (χ4v) is 2.13. The van der Waals surface area contributed by atoms with Gasteiger partial charge in [0.1, 0.15) is 5.69 Å². The van der Waals surface area contributed by atoms with Crippen LogP contribution in [0.5, 0.6) is 0 Å². The van der Waals surface area contributed by atoms with Gasteiger partial charge in [0.2, 0.25) is 0 Å². The Morgan fingerprint density at radius 2 is 2.26 bits per heavy atom. The largest absolute Gasteiger partial charge is 0.467 e. The van der Waals surface area contributed by atoms with E-state index in [9.17, 15) is 9.59 Å². The molecule has 1 atom stereocenters. The number of methoxy groups -OCH3 is 1.